The zero-order valence-corrected chi connectivity index (χ0v) is 15.2. The molecule has 0 aliphatic heterocycles. The van der Waals surface area contributed by atoms with Crippen LogP contribution in [0.3, 0.4) is 0 Å². The van der Waals surface area contributed by atoms with E-state index in [4.69, 9.17) is 14.7 Å². The SMILES string of the molecule is CCOc1ccccc1/C=N/c1nc2ccccc2n1Cc1ccccc1. The van der Waals surface area contributed by atoms with Crippen LogP contribution in [0.2, 0.25) is 0 Å². The fourth-order valence-electron chi connectivity index (χ4n) is 3.08. The van der Waals surface area contributed by atoms with Gasteiger partial charge in [-0.15, -0.1) is 0 Å². The minimum atomic E-state index is 0.622. The molecule has 0 N–H and O–H groups in total. The molecule has 27 heavy (non-hydrogen) atoms. The number of rotatable bonds is 6. The van der Waals surface area contributed by atoms with Gasteiger partial charge in [-0.05, 0) is 36.8 Å². The summed E-state index contributed by atoms with van der Waals surface area (Å²) < 4.78 is 7.84. The highest BCUT2D eigenvalue weighted by Gasteiger charge is 2.10. The quantitative estimate of drug-likeness (QED) is 0.444. The Labute approximate surface area is 158 Å². The van der Waals surface area contributed by atoms with Crippen LogP contribution in [0.15, 0.2) is 83.9 Å². The number of aliphatic imine (C=N–C) groups is 1. The van der Waals surface area contributed by atoms with Gasteiger partial charge >= 0.3 is 0 Å². The first-order valence-electron chi connectivity index (χ1n) is 9.10. The Kier molecular flexibility index (Phi) is 4.97. The number of hydrogen-bond acceptors (Lipinski definition) is 3. The normalized spacial score (nSPS) is 11.3. The molecule has 3 aromatic carbocycles. The van der Waals surface area contributed by atoms with Gasteiger partial charge in [0, 0.05) is 11.8 Å². The van der Waals surface area contributed by atoms with Crippen molar-refractivity contribution in [1.29, 1.82) is 0 Å². The molecule has 4 rings (SSSR count). The van der Waals surface area contributed by atoms with Gasteiger partial charge in [-0.1, -0.05) is 54.6 Å². The molecule has 1 heterocycles. The predicted octanol–water partition coefficient (Wildman–Crippen LogP) is 5.23. The summed E-state index contributed by atoms with van der Waals surface area (Å²) in [5, 5.41) is 0. The molecule has 0 atom stereocenters. The van der Waals surface area contributed by atoms with Crippen molar-refractivity contribution in [1.82, 2.24) is 9.55 Å². The average molecular weight is 355 g/mol. The average Bonchev–Trinajstić information content (AvgIpc) is 3.06. The fourth-order valence-corrected chi connectivity index (χ4v) is 3.08. The third-order valence-corrected chi connectivity index (χ3v) is 4.36. The van der Waals surface area contributed by atoms with Crippen LogP contribution in [0.4, 0.5) is 5.95 Å². The molecule has 0 unspecified atom stereocenters. The van der Waals surface area contributed by atoms with E-state index in [2.05, 4.69) is 34.9 Å². The van der Waals surface area contributed by atoms with Crippen LogP contribution in [-0.2, 0) is 6.54 Å². The Balaban J connectivity index is 1.74. The molecule has 0 saturated heterocycles. The smallest absolute Gasteiger partial charge is 0.230 e. The topological polar surface area (TPSA) is 39.4 Å². The van der Waals surface area contributed by atoms with Gasteiger partial charge in [0.25, 0.3) is 0 Å². The van der Waals surface area contributed by atoms with Crippen molar-refractivity contribution in [2.75, 3.05) is 6.61 Å². The second-order valence-corrected chi connectivity index (χ2v) is 6.20. The van der Waals surface area contributed by atoms with E-state index in [0.29, 0.717) is 12.6 Å². The molecule has 0 amide bonds. The van der Waals surface area contributed by atoms with Gasteiger partial charge in [0.2, 0.25) is 5.95 Å². The van der Waals surface area contributed by atoms with Gasteiger partial charge in [-0.2, -0.15) is 0 Å². The van der Waals surface area contributed by atoms with E-state index in [0.717, 1.165) is 28.9 Å². The van der Waals surface area contributed by atoms with Crippen molar-refractivity contribution in [3.63, 3.8) is 0 Å². The Morgan fingerprint density at radius 1 is 0.926 bits per heavy atom. The van der Waals surface area contributed by atoms with Crippen LogP contribution in [0.1, 0.15) is 18.1 Å². The van der Waals surface area contributed by atoms with E-state index in [1.807, 2.05) is 61.7 Å². The highest BCUT2D eigenvalue weighted by Crippen LogP contribution is 2.24. The first-order valence-corrected chi connectivity index (χ1v) is 9.10. The summed E-state index contributed by atoms with van der Waals surface area (Å²) in [6.45, 7) is 3.33. The van der Waals surface area contributed by atoms with Crippen molar-refractivity contribution in [2.24, 2.45) is 4.99 Å². The Bertz CT molecular complexity index is 1070. The number of benzene rings is 3. The molecule has 1 aromatic heterocycles. The summed E-state index contributed by atoms with van der Waals surface area (Å²) in [4.78, 5) is 9.42. The predicted molar refractivity (Wildman–Crippen MR) is 110 cm³/mol. The molecule has 0 spiro atoms. The number of imidazole rings is 1. The summed E-state index contributed by atoms with van der Waals surface area (Å²) in [5.41, 5.74) is 4.18. The third-order valence-electron chi connectivity index (χ3n) is 4.36. The van der Waals surface area contributed by atoms with E-state index in [9.17, 15) is 0 Å². The summed E-state index contributed by atoms with van der Waals surface area (Å²) in [7, 11) is 0. The maximum absolute atomic E-state index is 5.69. The molecule has 4 heteroatoms. The molecule has 0 bridgehead atoms. The molecule has 0 radical (unpaired) electrons. The number of hydrogen-bond donors (Lipinski definition) is 0. The van der Waals surface area contributed by atoms with E-state index >= 15 is 0 Å². The van der Waals surface area contributed by atoms with Crippen molar-refractivity contribution in [3.8, 4) is 5.75 Å². The number of para-hydroxylation sites is 3. The zero-order valence-electron chi connectivity index (χ0n) is 15.2. The lowest BCUT2D eigenvalue weighted by Crippen LogP contribution is -1.99. The maximum atomic E-state index is 5.69. The van der Waals surface area contributed by atoms with Crippen molar-refractivity contribution < 1.29 is 4.74 Å². The highest BCUT2D eigenvalue weighted by molar-refractivity contribution is 5.86. The lowest BCUT2D eigenvalue weighted by atomic mass is 10.2. The number of aromatic nitrogens is 2. The number of ether oxygens (including phenoxy) is 1. The number of fused-ring (bicyclic) bond motifs is 1. The summed E-state index contributed by atoms with van der Waals surface area (Å²) >= 11 is 0. The molecule has 0 aliphatic rings. The van der Waals surface area contributed by atoms with Gasteiger partial charge in [-0.3, -0.25) is 0 Å². The van der Waals surface area contributed by atoms with E-state index < -0.39 is 0 Å². The first kappa shape index (κ1) is 17.0. The fraction of sp³-hybridized carbons (Fsp3) is 0.130. The zero-order chi connectivity index (χ0) is 18.5. The van der Waals surface area contributed by atoms with E-state index in [1.54, 1.807) is 0 Å². The van der Waals surface area contributed by atoms with Gasteiger partial charge in [0.05, 0.1) is 24.2 Å². The molecule has 4 aromatic rings. The van der Waals surface area contributed by atoms with Crippen LogP contribution in [-0.4, -0.2) is 22.4 Å². The summed E-state index contributed by atoms with van der Waals surface area (Å²) in [5.74, 6) is 1.51. The molecule has 0 fully saturated rings. The molecule has 0 saturated carbocycles. The minimum Gasteiger partial charge on any atom is -0.493 e. The van der Waals surface area contributed by atoms with E-state index in [-0.39, 0.29) is 0 Å². The molecule has 4 nitrogen and oxygen atoms in total. The van der Waals surface area contributed by atoms with Crippen LogP contribution in [0, 0.1) is 0 Å². The second-order valence-electron chi connectivity index (χ2n) is 6.20. The molecular formula is C23H21N3O. The first-order chi connectivity index (χ1) is 13.3. The van der Waals surface area contributed by atoms with Gasteiger partial charge < -0.3 is 9.30 Å². The minimum absolute atomic E-state index is 0.622. The Morgan fingerprint density at radius 3 is 2.52 bits per heavy atom. The van der Waals surface area contributed by atoms with E-state index in [1.165, 1.54) is 5.56 Å². The monoisotopic (exact) mass is 355 g/mol. The third kappa shape index (κ3) is 3.75. The van der Waals surface area contributed by atoms with Gasteiger partial charge in [0.1, 0.15) is 5.75 Å². The van der Waals surface area contributed by atoms with Crippen molar-refractivity contribution in [2.45, 2.75) is 13.5 Å². The lowest BCUT2D eigenvalue weighted by molar-refractivity contribution is 0.340. The van der Waals surface area contributed by atoms with Gasteiger partial charge in [-0.25, -0.2) is 9.98 Å². The summed E-state index contributed by atoms with van der Waals surface area (Å²) in [6.07, 6.45) is 1.83. The van der Waals surface area contributed by atoms with Crippen LogP contribution >= 0.6 is 0 Å². The van der Waals surface area contributed by atoms with Crippen molar-refractivity contribution >= 4 is 23.2 Å². The standard InChI is InChI=1S/C23H21N3O/c1-2-27-22-15-9-6-12-19(22)16-24-23-25-20-13-7-8-14-21(20)26(23)17-18-10-4-3-5-11-18/h3-16H,2,17H2,1H3/b24-16+. The summed E-state index contributed by atoms with van der Waals surface area (Å²) in [6, 6.07) is 26.4. The van der Waals surface area contributed by atoms with Crippen molar-refractivity contribution in [3.05, 3.63) is 90.0 Å². The van der Waals surface area contributed by atoms with Crippen LogP contribution in [0.25, 0.3) is 11.0 Å². The second kappa shape index (κ2) is 7.87. The van der Waals surface area contributed by atoms with Crippen LogP contribution < -0.4 is 4.74 Å². The van der Waals surface area contributed by atoms with Crippen LogP contribution in [0.5, 0.6) is 5.75 Å². The molecular weight excluding hydrogens is 334 g/mol. The largest absolute Gasteiger partial charge is 0.493 e. The molecule has 0 aliphatic carbocycles. The maximum Gasteiger partial charge on any atom is 0.230 e. The number of nitrogens with zero attached hydrogens (tertiary/aromatic N) is 3. The Morgan fingerprint density at radius 2 is 1.67 bits per heavy atom. The lowest BCUT2D eigenvalue weighted by Gasteiger charge is -2.08. The molecule has 134 valence electrons. The highest BCUT2D eigenvalue weighted by atomic mass is 16.5. The Hall–Kier alpha value is -3.40. The van der Waals surface area contributed by atoms with Gasteiger partial charge in [0.15, 0.2) is 0 Å².